The van der Waals surface area contributed by atoms with Gasteiger partial charge in [-0.3, -0.25) is 14.4 Å². The van der Waals surface area contributed by atoms with E-state index < -0.39 is 5.91 Å². The predicted molar refractivity (Wildman–Crippen MR) is 111 cm³/mol. The van der Waals surface area contributed by atoms with Crippen molar-refractivity contribution >= 4 is 34.2 Å². The van der Waals surface area contributed by atoms with E-state index in [2.05, 4.69) is 10.6 Å². The Morgan fingerprint density at radius 1 is 0.931 bits per heavy atom. The van der Waals surface area contributed by atoms with Crippen molar-refractivity contribution in [3.63, 3.8) is 0 Å². The van der Waals surface area contributed by atoms with Crippen LogP contribution < -0.4 is 16.4 Å². The molecular formula is C23H21N3O3. The summed E-state index contributed by atoms with van der Waals surface area (Å²) in [5.74, 6) is -0.832. The number of benzene rings is 3. The molecule has 0 bridgehead atoms. The second-order valence-corrected chi connectivity index (χ2v) is 7.26. The molecule has 29 heavy (non-hydrogen) atoms. The Labute approximate surface area is 168 Å². The smallest absolute Gasteiger partial charge is 0.253 e. The molecule has 3 aromatic rings. The summed E-state index contributed by atoms with van der Waals surface area (Å²) in [6, 6.07) is 18.1. The summed E-state index contributed by atoms with van der Waals surface area (Å²) in [5, 5.41) is 7.63. The molecule has 1 aliphatic rings. The molecule has 6 heteroatoms. The first-order chi connectivity index (χ1) is 14.0. The van der Waals surface area contributed by atoms with Gasteiger partial charge >= 0.3 is 0 Å². The van der Waals surface area contributed by atoms with Crippen molar-refractivity contribution in [2.75, 3.05) is 5.32 Å². The average molecular weight is 387 g/mol. The Morgan fingerprint density at radius 3 is 2.34 bits per heavy atom. The minimum Gasteiger partial charge on any atom is -0.366 e. The molecule has 3 aromatic carbocycles. The van der Waals surface area contributed by atoms with E-state index in [0.29, 0.717) is 16.8 Å². The monoisotopic (exact) mass is 387 g/mol. The number of nitrogens with two attached hydrogens (primary N) is 1. The molecule has 0 spiro atoms. The second-order valence-electron chi connectivity index (χ2n) is 7.26. The van der Waals surface area contributed by atoms with Gasteiger partial charge in [-0.05, 0) is 53.4 Å². The Bertz CT molecular complexity index is 1120. The minimum atomic E-state index is -0.516. The van der Waals surface area contributed by atoms with Crippen LogP contribution in [0.3, 0.4) is 0 Å². The maximum absolute atomic E-state index is 12.9. The first-order valence-electron chi connectivity index (χ1n) is 9.52. The van der Waals surface area contributed by atoms with E-state index >= 15 is 0 Å². The highest BCUT2D eigenvalue weighted by Crippen LogP contribution is 2.32. The van der Waals surface area contributed by atoms with Crippen LogP contribution in [0.15, 0.2) is 60.7 Å². The highest BCUT2D eigenvalue weighted by Gasteiger charge is 2.30. The number of hydrogen-bond acceptors (Lipinski definition) is 3. The molecular weight excluding hydrogens is 366 g/mol. The topological polar surface area (TPSA) is 101 Å². The lowest BCUT2D eigenvalue weighted by Gasteiger charge is -2.13. The summed E-state index contributed by atoms with van der Waals surface area (Å²) in [5.41, 5.74) is 7.37. The van der Waals surface area contributed by atoms with E-state index in [4.69, 9.17) is 5.73 Å². The number of nitrogens with one attached hydrogen (secondary N) is 2. The fourth-order valence-electron chi connectivity index (χ4n) is 3.22. The highest BCUT2D eigenvalue weighted by molar-refractivity contribution is 6.08. The molecule has 0 radical (unpaired) electrons. The van der Waals surface area contributed by atoms with Crippen molar-refractivity contribution in [1.82, 2.24) is 5.32 Å². The third-order valence-corrected chi connectivity index (χ3v) is 5.00. The predicted octanol–water partition coefficient (Wildman–Crippen LogP) is 3.22. The lowest BCUT2D eigenvalue weighted by molar-refractivity contribution is -0.117. The minimum absolute atomic E-state index is 0.0360. The van der Waals surface area contributed by atoms with Gasteiger partial charge in [-0.25, -0.2) is 0 Å². The molecule has 0 aliphatic heterocycles. The molecule has 4 N–H and O–H groups in total. The average Bonchev–Trinajstić information content (AvgIpc) is 3.57. The first-order valence-corrected chi connectivity index (χ1v) is 9.52. The molecule has 0 atom stereocenters. The molecule has 6 nitrogen and oxygen atoms in total. The van der Waals surface area contributed by atoms with Crippen LogP contribution in [0.2, 0.25) is 0 Å². The van der Waals surface area contributed by atoms with Crippen LogP contribution in [0.25, 0.3) is 10.8 Å². The number of carbonyl (C=O) groups excluding carboxylic acids is 3. The SMILES string of the molecule is NC(=O)c1cccc(CNC(=O)c2cc3ccccc3cc2NC(=O)C2CC2)c1. The molecule has 1 aliphatic carbocycles. The molecule has 4 rings (SSSR count). The van der Waals surface area contributed by atoms with E-state index in [-0.39, 0.29) is 24.3 Å². The number of rotatable bonds is 6. The number of fused-ring (bicyclic) bond motifs is 1. The van der Waals surface area contributed by atoms with Gasteiger partial charge in [0.2, 0.25) is 11.8 Å². The number of carbonyl (C=O) groups is 3. The van der Waals surface area contributed by atoms with Crippen LogP contribution in [0.5, 0.6) is 0 Å². The maximum atomic E-state index is 12.9. The van der Waals surface area contributed by atoms with Crippen molar-refractivity contribution in [2.24, 2.45) is 11.7 Å². The fraction of sp³-hybridized carbons (Fsp3) is 0.174. The molecule has 0 heterocycles. The third-order valence-electron chi connectivity index (χ3n) is 5.00. The van der Waals surface area contributed by atoms with E-state index in [1.54, 1.807) is 24.3 Å². The maximum Gasteiger partial charge on any atom is 0.253 e. The zero-order valence-electron chi connectivity index (χ0n) is 15.8. The second kappa shape index (κ2) is 7.75. The normalized spacial score (nSPS) is 13.1. The number of anilines is 1. The van der Waals surface area contributed by atoms with Gasteiger partial charge in [0.25, 0.3) is 5.91 Å². The standard InChI is InChI=1S/C23H21N3O3/c24-21(27)18-7-3-4-14(10-18)13-25-23(29)19-11-16-5-1-2-6-17(16)12-20(19)26-22(28)15-8-9-15/h1-7,10-12,15H,8-9,13H2,(H2,24,27)(H,25,29)(H,26,28). The summed E-state index contributed by atoms with van der Waals surface area (Å²) in [4.78, 5) is 36.5. The Morgan fingerprint density at radius 2 is 1.66 bits per heavy atom. The van der Waals surface area contributed by atoms with E-state index in [0.717, 1.165) is 29.2 Å². The van der Waals surface area contributed by atoms with Gasteiger partial charge in [-0.2, -0.15) is 0 Å². The molecule has 0 aromatic heterocycles. The zero-order valence-corrected chi connectivity index (χ0v) is 15.8. The lowest BCUT2D eigenvalue weighted by atomic mass is 10.0. The number of amides is 3. The van der Waals surface area contributed by atoms with Crippen LogP contribution in [0, 0.1) is 5.92 Å². The van der Waals surface area contributed by atoms with Gasteiger partial charge in [0.15, 0.2) is 0 Å². The van der Waals surface area contributed by atoms with E-state index in [1.165, 1.54) is 0 Å². The first kappa shape index (κ1) is 18.7. The van der Waals surface area contributed by atoms with E-state index in [1.807, 2.05) is 36.4 Å². The molecule has 0 saturated heterocycles. The van der Waals surface area contributed by atoms with Crippen molar-refractivity contribution in [2.45, 2.75) is 19.4 Å². The summed E-state index contributed by atoms with van der Waals surface area (Å²) in [6.07, 6.45) is 1.77. The Kier molecular flexibility index (Phi) is 4.99. The zero-order chi connectivity index (χ0) is 20.4. The van der Waals surface area contributed by atoms with Gasteiger partial charge in [0, 0.05) is 18.0 Å². The van der Waals surface area contributed by atoms with Crippen LogP contribution in [-0.4, -0.2) is 17.7 Å². The lowest BCUT2D eigenvalue weighted by Crippen LogP contribution is -2.25. The van der Waals surface area contributed by atoms with Crippen molar-refractivity contribution in [3.8, 4) is 0 Å². The summed E-state index contributed by atoms with van der Waals surface area (Å²) in [6.45, 7) is 0.239. The largest absolute Gasteiger partial charge is 0.366 e. The van der Waals surface area contributed by atoms with Crippen molar-refractivity contribution in [3.05, 3.63) is 77.4 Å². The fourth-order valence-corrected chi connectivity index (χ4v) is 3.22. The third kappa shape index (κ3) is 4.27. The Hall–Kier alpha value is -3.67. The summed E-state index contributed by atoms with van der Waals surface area (Å²) >= 11 is 0. The van der Waals surface area contributed by atoms with Crippen LogP contribution in [0.1, 0.15) is 39.1 Å². The van der Waals surface area contributed by atoms with Gasteiger partial charge < -0.3 is 16.4 Å². The Balaban J connectivity index is 1.59. The molecule has 146 valence electrons. The van der Waals surface area contributed by atoms with Gasteiger partial charge in [-0.1, -0.05) is 36.4 Å². The molecule has 1 fully saturated rings. The van der Waals surface area contributed by atoms with Gasteiger partial charge in [0.05, 0.1) is 11.3 Å². The molecule has 1 saturated carbocycles. The molecule has 0 unspecified atom stereocenters. The van der Waals surface area contributed by atoms with E-state index in [9.17, 15) is 14.4 Å². The van der Waals surface area contributed by atoms with Crippen LogP contribution in [0.4, 0.5) is 5.69 Å². The highest BCUT2D eigenvalue weighted by atomic mass is 16.2. The summed E-state index contributed by atoms with van der Waals surface area (Å²) < 4.78 is 0. The summed E-state index contributed by atoms with van der Waals surface area (Å²) in [7, 11) is 0. The van der Waals surface area contributed by atoms with Gasteiger partial charge in [-0.15, -0.1) is 0 Å². The molecule has 3 amide bonds. The van der Waals surface area contributed by atoms with Crippen LogP contribution >= 0.6 is 0 Å². The van der Waals surface area contributed by atoms with Crippen LogP contribution in [-0.2, 0) is 11.3 Å². The van der Waals surface area contributed by atoms with Crippen molar-refractivity contribution < 1.29 is 14.4 Å². The van der Waals surface area contributed by atoms with Gasteiger partial charge in [0.1, 0.15) is 0 Å². The number of hydrogen-bond donors (Lipinski definition) is 3. The number of primary amides is 1. The quantitative estimate of drug-likeness (QED) is 0.605. The van der Waals surface area contributed by atoms with Crippen molar-refractivity contribution in [1.29, 1.82) is 0 Å².